The second-order valence-electron chi connectivity index (χ2n) is 22.5. The van der Waals surface area contributed by atoms with Gasteiger partial charge in [-0.3, -0.25) is 9.59 Å². The first-order chi connectivity index (χ1) is 39.7. The Balaban J connectivity index is 2.62. The molecule has 0 spiro atoms. The molecule has 1 aliphatic heterocycles. The molecule has 11 heteroatoms. The molecule has 0 bridgehead atoms. The highest BCUT2D eigenvalue weighted by atomic mass is 16.7. The van der Waals surface area contributed by atoms with E-state index >= 15 is 0 Å². The second kappa shape index (κ2) is 57.0. The Morgan fingerprint density at radius 2 is 0.889 bits per heavy atom. The van der Waals surface area contributed by atoms with Gasteiger partial charge in [0.1, 0.15) is 24.4 Å². The summed E-state index contributed by atoms with van der Waals surface area (Å²) >= 11 is 0. The van der Waals surface area contributed by atoms with Gasteiger partial charge < -0.3 is 45.1 Å². The SMILES string of the molecule is CC/C=C\C/C=C\C/C=C\C/C=C\C/C=C\C/C=C\CCCCCCCCC(=O)OC1C(OCC(NC(=O)C(O)CCCCCCCC/C=C/CCCCCCCC)C(O)/C=C/CCCCCCCCCCC)OC(CO)C(O)C1O. The number of allylic oxidation sites excluding steroid dienone is 15. The summed E-state index contributed by atoms with van der Waals surface area (Å²) in [4.78, 5) is 26.6. The first-order valence-corrected chi connectivity index (χ1v) is 33.0. The highest BCUT2D eigenvalue weighted by molar-refractivity contribution is 5.80. The minimum Gasteiger partial charge on any atom is -0.454 e. The third-order valence-electron chi connectivity index (χ3n) is 15.0. The van der Waals surface area contributed by atoms with Crippen LogP contribution in [0.3, 0.4) is 0 Å². The first-order valence-electron chi connectivity index (χ1n) is 33.0. The molecule has 1 fully saturated rings. The van der Waals surface area contributed by atoms with Crippen LogP contribution in [-0.2, 0) is 23.8 Å². The van der Waals surface area contributed by atoms with Crippen LogP contribution in [-0.4, -0.2) is 99.6 Å². The second-order valence-corrected chi connectivity index (χ2v) is 22.5. The number of rotatable bonds is 55. The van der Waals surface area contributed by atoms with E-state index in [2.05, 4.69) is 111 Å². The lowest BCUT2D eigenvalue weighted by Gasteiger charge is -2.41. The van der Waals surface area contributed by atoms with Gasteiger partial charge in [-0.2, -0.15) is 0 Å². The number of hydrogen-bond donors (Lipinski definition) is 6. The molecule has 0 aromatic rings. The lowest BCUT2D eigenvalue weighted by Crippen LogP contribution is -2.61. The summed E-state index contributed by atoms with van der Waals surface area (Å²) in [6, 6.07) is -1.03. The molecular formula is C70H121NO10. The number of aliphatic hydroxyl groups excluding tert-OH is 5. The minimum atomic E-state index is -1.63. The molecule has 11 nitrogen and oxygen atoms in total. The van der Waals surface area contributed by atoms with Gasteiger partial charge in [-0.25, -0.2) is 0 Å². The van der Waals surface area contributed by atoms with Crippen molar-refractivity contribution in [2.24, 2.45) is 0 Å². The van der Waals surface area contributed by atoms with E-state index < -0.39 is 67.4 Å². The van der Waals surface area contributed by atoms with Gasteiger partial charge in [0.15, 0.2) is 12.4 Å². The largest absolute Gasteiger partial charge is 0.454 e. The van der Waals surface area contributed by atoms with Crippen molar-refractivity contribution in [3.8, 4) is 0 Å². The van der Waals surface area contributed by atoms with Gasteiger partial charge in [0.25, 0.3) is 0 Å². The van der Waals surface area contributed by atoms with E-state index in [4.69, 9.17) is 14.2 Å². The number of ether oxygens (including phenoxy) is 3. The van der Waals surface area contributed by atoms with E-state index in [1.807, 2.05) is 6.08 Å². The Kier molecular flexibility index (Phi) is 53.2. The van der Waals surface area contributed by atoms with Gasteiger partial charge in [0.2, 0.25) is 5.91 Å². The summed E-state index contributed by atoms with van der Waals surface area (Å²) in [5.41, 5.74) is 0. The van der Waals surface area contributed by atoms with Crippen LogP contribution in [0.2, 0.25) is 0 Å². The molecule has 1 rings (SSSR count). The molecule has 0 aliphatic carbocycles. The molecular weight excluding hydrogens is 1010 g/mol. The number of nitrogens with one attached hydrogen (secondary N) is 1. The van der Waals surface area contributed by atoms with Crippen LogP contribution < -0.4 is 5.32 Å². The van der Waals surface area contributed by atoms with Gasteiger partial charge in [-0.1, -0.05) is 259 Å². The number of esters is 1. The smallest absolute Gasteiger partial charge is 0.306 e. The molecule has 0 aromatic carbocycles. The Morgan fingerprint density at radius 1 is 0.494 bits per heavy atom. The van der Waals surface area contributed by atoms with Gasteiger partial charge in [0.05, 0.1) is 25.4 Å². The normalized spacial score (nSPS) is 19.3. The number of carbonyl (C=O) groups excluding carboxylic acids is 2. The van der Waals surface area contributed by atoms with E-state index in [9.17, 15) is 35.1 Å². The van der Waals surface area contributed by atoms with Gasteiger partial charge in [-0.15, -0.1) is 0 Å². The molecule has 1 saturated heterocycles. The van der Waals surface area contributed by atoms with Gasteiger partial charge >= 0.3 is 5.97 Å². The number of amides is 1. The number of hydrogen-bond acceptors (Lipinski definition) is 10. The first kappa shape index (κ1) is 75.6. The Morgan fingerprint density at radius 3 is 1.35 bits per heavy atom. The lowest BCUT2D eigenvalue weighted by atomic mass is 9.99. The summed E-state index contributed by atoms with van der Waals surface area (Å²) in [7, 11) is 0. The van der Waals surface area contributed by atoms with Crippen molar-refractivity contribution in [1.82, 2.24) is 5.32 Å². The summed E-state index contributed by atoms with van der Waals surface area (Å²) in [6.45, 7) is 5.66. The van der Waals surface area contributed by atoms with Crippen molar-refractivity contribution in [2.75, 3.05) is 13.2 Å². The average Bonchev–Trinajstić information content (AvgIpc) is 3.52. The monoisotopic (exact) mass is 1140 g/mol. The fourth-order valence-corrected chi connectivity index (χ4v) is 9.77. The maximum absolute atomic E-state index is 13.4. The van der Waals surface area contributed by atoms with Crippen LogP contribution >= 0.6 is 0 Å². The molecule has 1 amide bonds. The van der Waals surface area contributed by atoms with Crippen molar-refractivity contribution in [2.45, 2.75) is 320 Å². The zero-order valence-corrected chi connectivity index (χ0v) is 51.6. The number of aliphatic hydroxyl groups is 5. The Bertz CT molecular complexity index is 1690. The minimum absolute atomic E-state index is 0.101. The molecule has 0 radical (unpaired) electrons. The predicted molar refractivity (Wildman–Crippen MR) is 338 cm³/mol. The number of unbranched alkanes of at least 4 members (excludes halogenated alkanes) is 27. The molecule has 1 heterocycles. The van der Waals surface area contributed by atoms with Crippen molar-refractivity contribution in [3.05, 3.63) is 97.2 Å². The third kappa shape index (κ3) is 44.7. The molecule has 0 aromatic heterocycles. The number of carbonyl (C=O) groups is 2. The van der Waals surface area contributed by atoms with Crippen LogP contribution in [0.25, 0.3) is 0 Å². The average molecular weight is 1140 g/mol. The molecule has 81 heavy (non-hydrogen) atoms. The van der Waals surface area contributed by atoms with Crippen molar-refractivity contribution >= 4 is 11.9 Å². The van der Waals surface area contributed by atoms with E-state index in [0.717, 1.165) is 128 Å². The van der Waals surface area contributed by atoms with E-state index in [-0.39, 0.29) is 19.4 Å². The highest BCUT2D eigenvalue weighted by Gasteiger charge is 2.47. The fourth-order valence-electron chi connectivity index (χ4n) is 9.77. The quantitative estimate of drug-likeness (QED) is 0.0195. The standard InChI is InChI=1S/C70H121NO10/c1-4-7-10-13-16-19-22-24-26-28-29-30-31-32-33-34-35-36-38-40-43-46-49-52-55-58-65(75)81-68-67(77)66(76)64(59-72)80-70(68)79-60-61(62(73)56-53-50-47-44-41-21-18-15-12-9-6-3)71-69(78)63(74)57-54-51-48-45-42-39-37-27-25-23-20-17-14-11-8-5-2/h7,10,16,19,24-27,29-30,32-33,35-36,53,56,61-64,66-68,70,72-74,76-77H,4-6,8-9,11-15,17-18,20-23,28,31,34,37-52,54-55,57-60H2,1-3H3,(H,71,78)/b10-7-,19-16-,26-24-,27-25+,30-29-,33-32-,36-35-,56-53+. The van der Waals surface area contributed by atoms with Crippen LogP contribution in [0.5, 0.6) is 0 Å². The molecule has 1 aliphatic rings. The molecule has 6 N–H and O–H groups in total. The van der Waals surface area contributed by atoms with Crippen LogP contribution in [0, 0.1) is 0 Å². The Hall–Kier alpha value is -3.42. The highest BCUT2D eigenvalue weighted by Crippen LogP contribution is 2.26. The summed E-state index contributed by atoms with van der Waals surface area (Å²) in [5, 5.41) is 57.0. The zero-order chi connectivity index (χ0) is 58.9. The molecule has 466 valence electrons. The van der Waals surface area contributed by atoms with Crippen molar-refractivity contribution < 1.29 is 49.3 Å². The maximum Gasteiger partial charge on any atom is 0.306 e. The Labute approximate surface area is 495 Å². The summed E-state index contributed by atoms with van der Waals surface area (Å²) < 4.78 is 17.6. The van der Waals surface area contributed by atoms with Crippen molar-refractivity contribution in [1.29, 1.82) is 0 Å². The topological polar surface area (TPSA) is 175 Å². The maximum atomic E-state index is 13.4. The lowest BCUT2D eigenvalue weighted by molar-refractivity contribution is -0.305. The molecule has 0 saturated carbocycles. The van der Waals surface area contributed by atoms with Crippen LogP contribution in [0.15, 0.2) is 97.2 Å². The summed E-state index contributed by atoms with van der Waals surface area (Å²) in [6.07, 6.45) is 65.8. The van der Waals surface area contributed by atoms with Crippen molar-refractivity contribution in [3.63, 3.8) is 0 Å². The zero-order valence-electron chi connectivity index (χ0n) is 51.6. The van der Waals surface area contributed by atoms with E-state index in [1.165, 1.54) is 96.3 Å². The van der Waals surface area contributed by atoms with Gasteiger partial charge in [0, 0.05) is 6.42 Å². The van der Waals surface area contributed by atoms with Gasteiger partial charge in [-0.05, 0) is 103 Å². The van der Waals surface area contributed by atoms with Crippen LogP contribution in [0.1, 0.15) is 271 Å². The molecule has 8 atom stereocenters. The third-order valence-corrected chi connectivity index (χ3v) is 15.0. The summed E-state index contributed by atoms with van der Waals surface area (Å²) in [5.74, 6) is -1.22. The fraction of sp³-hybridized carbons (Fsp3) is 0.743. The van der Waals surface area contributed by atoms with E-state index in [0.29, 0.717) is 12.8 Å². The molecule has 8 unspecified atom stereocenters. The predicted octanol–water partition coefficient (Wildman–Crippen LogP) is 16.3. The van der Waals surface area contributed by atoms with Crippen LogP contribution in [0.4, 0.5) is 0 Å². The van der Waals surface area contributed by atoms with E-state index in [1.54, 1.807) is 6.08 Å².